The minimum atomic E-state index is -0.316. The van der Waals surface area contributed by atoms with E-state index in [-0.39, 0.29) is 23.3 Å². The fraction of sp³-hybridized carbons (Fsp3) is 0.667. The van der Waals surface area contributed by atoms with Crippen molar-refractivity contribution in [3.05, 3.63) is 35.4 Å². The number of rotatable bonds is 3. The van der Waals surface area contributed by atoms with E-state index in [0.29, 0.717) is 12.1 Å². The molecule has 4 heteroatoms. The van der Waals surface area contributed by atoms with E-state index in [9.17, 15) is 9.59 Å². The molecule has 0 bridgehead atoms. The third-order valence-electron chi connectivity index (χ3n) is 7.86. The first kappa shape index (κ1) is 18.2. The Bertz CT molecular complexity index is 756. The maximum Gasteiger partial charge on any atom is 0.254 e. The number of benzene rings is 1. The van der Waals surface area contributed by atoms with Crippen molar-refractivity contribution in [2.24, 2.45) is 0 Å². The predicted molar refractivity (Wildman–Crippen MR) is 109 cm³/mol. The topological polar surface area (TPSA) is 49.4 Å². The lowest BCUT2D eigenvalue weighted by atomic mass is 9.70. The summed E-state index contributed by atoms with van der Waals surface area (Å²) in [5.74, 6) is 0.121. The van der Waals surface area contributed by atoms with E-state index in [0.717, 1.165) is 62.5 Å². The van der Waals surface area contributed by atoms with Gasteiger partial charge in [-0.05, 0) is 50.2 Å². The molecule has 1 aromatic carbocycles. The lowest BCUT2D eigenvalue weighted by Gasteiger charge is -2.52. The summed E-state index contributed by atoms with van der Waals surface area (Å²) in [5.41, 5.74) is 1.42. The second-order valence-corrected chi connectivity index (χ2v) is 9.43. The summed E-state index contributed by atoms with van der Waals surface area (Å²) in [6, 6.07) is 8.55. The Morgan fingerprint density at radius 1 is 0.929 bits per heavy atom. The molecule has 1 heterocycles. The summed E-state index contributed by atoms with van der Waals surface area (Å²) in [7, 11) is 0. The Morgan fingerprint density at radius 3 is 2.29 bits per heavy atom. The molecule has 3 saturated carbocycles. The van der Waals surface area contributed by atoms with Crippen LogP contribution < -0.4 is 5.32 Å². The average Bonchev–Trinajstić information content (AvgIpc) is 3.46. The molecule has 1 spiro atoms. The minimum absolute atomic E-state index is 0.164. The molecule has 28 heavy (non-hydrogen) atoms. The zero-order valence-electron chi connectivity index (χ0n) is 16.8. The van der Waals surface area contributed by atoms with Gasteiger partial charge in [-0.1, -0.05) is 56.7 Å². The highest BCUT2D eigenvalue weighted by molar-refractivity contribution is 6.02. The van der Waals surface area contributed by atoms with Crippen molar-refractivity contribution >= 4 is 11.8 Å². The number of nitrogens with zero attached hydrogens (tertiary/aromatic N) is 1. The molecular weight excluding hydrogens is 348 g/mol. The Labute approximate surface area is 168 Å². The van der Waals surface area contributed by atoms with E-state index in [1.165, 1.54) is 25.7 Å². The van der Waals surface area contributed by atoms with Crippen molar-refractivity contribution in [3.8, 4) is 0 Å². The summed E-state index contributed by atoms with van der Waals surface area (Å²) in [5, 5.41) is 3.39. The quantitative estimate of drug-likeness (QED) is 0.837. The fourth-order valence-electron chi connectivity index (χ4n) is 6.65. The molecule has 0 saturated heterocycles. The minimum Gasteiger partial charge on any atom is -0.353 e. The van der Waals surface area contributed by atoms with Crippen LogP contribution in [-0.4, -0.2) is 34.3 Å². The van der Waals surface area contributed by atoms with Gasteiger partial charge in [-0.25, -0.2) is 0 Å². The van der Waals surface area contributed by atoms with Crippen LogP contribution in [0.1, 0.15) is 98.9 Å². The Hall–Kier alpha value is -1.84. The molecule has 0 unspecified atom stereocenters. The van der Waals surface area contributed by atoms with E-state index in [1.54, 1.807) is 0 Å². The van der Waals surface area contributed by atoms with Crippen molar-refractivity contribution in [3.63, 3.8) is 0 Å². The van der Waals surface area contributed by atoms with Crippen LogP contribution in [0.2, 0.25) is 0 Å². The first-order chi connectivity index (χ1) is 13.7. The van der Waals surface area contributed by atoms with Gasteiger partial charge in [0.1, 0.15) is 0 Å². The molecule has 1 aromatic rings. The normalized spacial score (nSPS) is 27.5. The van der Waals surface area contributed by atoms with Crippen molar-refractivity contribution in [2.45, 2.75) is 101 Å². The Kier molecular flexibility index (Phi) is 4.68. The van der Waals surface area contributed by atoms with Gasteiger partial charge < -0.3 is 10.2 Å². The zero-order valence-corrected chi connectivity index (χ0v) is 16.8. The molecule has 1 atom stereocenters. The summed E-state index contributed by atoms with van der Waals surface area (Å²) in [4.78, 5) is 29.6. The van der Waals surface area contributed by atoms with Crippen LogP contribution in [-0.2, 0) is 4.79 Å². The van der Waals surface area contributed by atoms with Gasteiger partial charge in [-0.3, -0.25) is 9.59 Å². The molecule has 5 rings (SSSR count). The van der Waals surface area contributed by atoms with E-state index in [1.807, 2.05) is 24.3 Å². The lowest BCUT2D eigenvalue weighted by Crippen LogP contribution is -2.63. The molecule has 1 N–H and O–H groups in total. The van der Waals surface area contributed by atoms with Crippen molar-refractivity contribution in [1.29, 1.82) is 0 Å². The molecule has 150 valence electrons. The fourth-order valence-corrected chi connectivity index (χ4v) is 6.65. The SMILES string of the molecule is O=C(NC1CCCC1)[C@@H]1c2ccccc2C(=O)N(C2CCCC2)C12CCCC2. The third-order valence-corrected chi connectivity index (χ3v) is 7.86. The largest absolute Gasteiger partial charge is 0.353 e. The smallest absolute Gasteiger partial charge is 0.254 e. The molecule has 3 aliphatic carbocycles. The number of fused-ring (bicyclic) bond motifs is 1. The number of amides is 2. The maximum absolute atomic E-state index is 13.7. The summed E-state index contributed by atoms with van der Waals surface area (Å²) < 4.78 is 0. The van der Waals surface area contributed by atoms with Crippen molar-refractivity contribution < 1.29 is 9.59 Å². The predicted octanol–water partition coefficient (Wildman–Crippen LogP) is 4.54. The average molecular weight is 381 g/mol. The lowest BCUT2D eigenvalue weighted by molar-refractivity contribution is -0.127. The molecule has 3 fully saturated rings. The number of hydrogen-bond acceptors (Lipinski definition) is 2. The van der Waals surface area contributed by atoms with Crippen LogP contribution in [0.3, 0.4) is 0 Å². The van der Waals surface area contributed by atoms with Gasteiger partial charge in [0.2, 0.25) is 5.91 Å². The monoisotopic (exact) mass is 380 g/mol. The van der Waals surface area contributed by atoms with Crippen LogP contribution in [0.4, 0.5) is 0 Å². The number of nitrogens with one attached hydrogen (secondary N) is 1. The first-order valence-electron chi connectivity index (χ1n) is 11.4. The molecule has 0 radical (unpaired) electrons. The van der Waals surface area contributed by atoms with E-state index >= 15 is 0 Å². The second kappa shape index (κ2) is 7.20. The summed E-state index contributed by atoms with van der Waals surface area (Å²) >= 11 is 0. The highest BCUT2D eigenvalue weighted by Gasteiger charge is 2.57. The van der Waals surface area contributed by atoms with E-state index < -0.39 is 0 Å². The van der Waals surface area contributed by atoms with Gasteiger partial charge in [-0.15, -0.1) is 0 Å². The highest BCUT2D eigenvalue weighted by Crippen LogP contribution is 2.52. The standard InChI is InChI=1S/C24H32N2O2/c27-22(25-17-9-1-2-10-17)21-19-13-5-6-14-20(19)23(28)26(18-11-3-4-12-18)24(21)15-7-8-16-24/h5-6,13-14,17-18,21H,1-4,7-12,15-16H2,(H,25,27)/t21-/m0/s1. The zero-order chi connectivity index (χ0) is 19.1. The number of hydrogen-bond donors (Lipinski definition) is 1. The second-order valence-electron chi connectivity index (χ2n) is 9.43. The van der Waals surface area contributed by atoms with Crippen LogP contribution in [0.5, 0.6) is 0 Å². The van der Waals surface area contributed by atoms with Crippen LogP contribution in [0, 0.1) is 0 Å². The third kappa shape index (κ3) is 2.79. The van der Waals surface area contributed by atoms with Crippen LogP contribution in [0.15, 0.2) is 24.3 Å². The van der Waals surface area contributed by atoms with Crippen LogP contribution >= 0.6 is 0 Å². The van der Waals surface area contributed by atoms with E-state index in [4.69, 9.17) is 0 Å². The summed E-state index contributed by atoms with van der Waals surface area (Å²) in [6.45, 7) is 0. The molecule has 2 amide bonds. The number of carbonyl (C=O) groups is 2. The molecular formula is C24H32N2O2. The van der Waals surface area contributed by atoms with Gasteiger partial charge in [0.05, 0.1) is 11.5 Å². The molecule has 1 aliphatic heterocycles. The molecule has 4 aliphatic rings. The van der Waals surface area contributed by atoms with Crippen molar-refractivity contribution in [1.82, 2.24) is 10.2 Å². The molecule has 4 nitrogen and oxygen atoms in total. The number of carbonyl (C=O) groups excluding carboxylic acids is 2. The van der Waals surface area contributed by atoms with Crippen LogP contribution in [0.25, 0.3) is 0 Å². The summed E-state index contributed by atoms with van der Waals surface area (Å²) in [6.07, 6.45) is 13.4. The van der Waals surface area contributed by atoms with Gasteiger partial charge in [0.25, 0.3) is 5.91 Å². The van der Waals surface area contributed by atoms with E-state index in [2.05, 4.69) is 10.2 Å². The van der Waals surface area contributed by atoms with Gasteiger partial charge in [0, 0.05) is 17.6 Å². The molecule has 0 aromatic heterocycles. The van der Waals surface area contributed by atoms with Gasteiger partial charge in [-0.2, -0.15) is 0 Å². The highest BCUT2D eigenvalue weighted by atomic mass is 16.2. The van der Waals surface area contributed by atoms with Gasteiger partial charge in [0.15, 0.2) is 0 Å². The van der Waals surface area contributed by atoms with Crippen molar-refractivity contribution in [2.75, 3.05) is 0 Å². The Balaban J connectivity index is 1.59. The maximum atomic E-state index is 13.7. The first-order valence-corrected chi connectivity index (χ1v) is 11.4. The Morgan fingerprint density at radius 2 is 1.57 bits per heavy atom. The van der Waals surface area contributed by atoms with Gasteiger partial charge >= 0.3 is 0 Å².